The van der Waals surface area contributed by atoms with Crippen molar-refractivity contribution in [1.82, 2.24) is 9.78 Å². The van der Waals surface area contributed by atoms with E-state index in [1.54, 1.807) is 22.9 Å². The van der Waals surface area contributed by atoms with Gasteiger partial charge in [0.05, 0.1) is 5.69 Å². The zero-order chi connectivity index (χ0) is 21.2. The minimum atomic E-state index is -0.592. The molecule has 0 unspecified atom stereocenters. The molecule has 0 atom stereocenters. The van der Waals surface area contributed by atoms with Gasteiger partial charge in [0.1, 0.15) is 13.2 Å². The van der Waals surface area contributed by atoms with Crippen molar-refractivity contribution in [3.8, 4) is 17.2 Å². The lowest BCUT2D eigenvalue weighted by Gasteiger charge is -2.19. The molecule has 8 heteroatoms. The van der Waals surface area contributed by atoms with E-state index in [2.05, 4.69) is 10.4 Å². The summed E-state index contributed by atoms with van der Waals surface area (Å²) in [5.41, 5.74) is 3.65. The van der Waals surface area contributed by atoms with E-state index in [1.807, 2.05) is 30.3 Å². The summed E-state index contributed by atoms with van der Waals surface area (Å²) >= 11 is 0. The van der Waals surface area contributed by atoms with Gasteiger partial charge in [0.15, 0.2) is 23.8 Å². The van der Waals surface area contributed by atoms with Gasteiger partial charge in [-0.05, 0) is 43.5 Å². The number of esters is 1. The Labute approximate surface area is 178 Å². The minimum Gasteiger partial charge on any atom is -0.486 e. The van der Waals surface area contributed by atoms with Crippen LogP contribution in [0.25, 0.3) is 5.69 Å². The number of nitrogens with one attached hydrogen (secondary N) is 1. The second-order valence-electron chi connectivity index (χ2n) is 7.36. The SMILES string of the molecule is O=C(COC(=O)c1nn(-c2ccccc2)c2c1CCC2)Nc1ccc2c(c1)OCCO2. The summed E-state index contributed by atoms with van der Waals surface area (Å²) in [5.74, 6) is 0.177. The van der Waals surface area contributed by atoms with Crippen molar-refractivity contribution >= 4 is 17.6 Å². The number of nitrogens with zero attached hydrogens (tertiary/aromatic N) is 2. The maximum Gasteiger partial charge on any atom is 0.359 e. The van der Waals surface area contributed by atoms with Crippen molar-refractivity contribution in [1.29, 1.82) is 0 Å². The van der Waals surface area contributed by atoms with Crippen LogP contribution < -0.4 is 14.8 Å². The third-order valence-corrected chi connectivity index (χ3v) is 5.28. The summed E-state index contributed by atoms with van der Waals surface area (Å²) in [5, 5.41) is 7.20. The fourth-order valence-corrected chi connectivity index (χ4v) is 3.90. The highest BCUT2D eigenvalue weighted by Gasteiger charge is 2.28. The number of benzene rings is 2. The lowest BCUT2D eigenvalue weighted by molar-refractivity contribution is -0.119. The Bertz CT molecular complexity index is 1140. The predicted molar refractivity (Wildman–Crippen MR) is 112 cm³/mol. The van der Waals surface area contributed by atoms with Crippen LogP contribution in [0.1, 0.15) is 28.2 Å². The van der Waals surface area contributed by atoms with Crippen LogP contribution >= 0.6 is 0 Å². The van der Waals surface area contributed by atoms with E-state index in [-0.39, 0.29) is 5.69 Å². The van der Waals surface area contributed by atoms with Gasteiger partial charge in [0.25, 0.3) is 5.91 Å². The maximum absolute atomic E-state index is 12.7. The van der Waals surface area contributed by atoms with Crippen molar-refractivity contribution < 1.29 is 23.8 Å². The van der Waals surface area contributed by atoms with Gasteiger partial charge in [-0.15, -0.1) is 0 Å². The van der Waals surface area contributed by atoms with Crippen LogP contribution in [0, 0.1) is 0 Å². The molecule has 5 rings (SSSR count). The number of hydrogen-bond donors (Lipinski definition) is 1. The predicted octanol–water partition coefficient (Wildman–Crippen LogP) is 2.93. The molecule has 0 radical (unpaired) electrons. The quantitative estimate of drug-likeness (QED) is 0.640. The van der Waals surface area contributed by atoms with E-state index in [0.29, 0.717) is 30.4 Å². The Balaban J connectivity index is 1.25. The van der Waals surface area contributed by atoms with E-state index in [1.165, 1.54) is 0 Å². The molecule has 0 saturated heterocycles. The highest BCUT2D eigenvalue weighted by atomic mass is 16.6. The van der Waals surface area contributed by atoms with Gasteiger partial charge in [-0.2, -0.15) is 5.10 Å². The molecule has 0 spiro atoms. The molecule has 8 nitrogen and oxygen atoms in total. The summed E-state index contributed by atoms with van der Waals surface area (Å²) in [6, 6.07) is 14.8. The van der Waals surface area contributed by atoms with E-state index in [0.717, 1.165) is 36.2 Å². The average Bonchev–Trinajstić information content (AvgIpc) is 3.41. The number of hydrogen-bond acceptors (Lipinski definition) is 6. The number of ether oxygens (including phenoxy) is 3. The monoisotopic (exact) mass is 419 g/mol. The zero-order valence-corrected chi connectivity index (χ0v) is 16.8. The number of para-hydroxylation sites is 1. The molecular formula is C23H21N3O5. The van der Waals surface area contributed by atoms with Crippen molar-refractivity contribution in [2.45, 2.75) is 19.3 Å². The van der Waals surface area contributed by atoms with E-state index in [9.17, 15) is 9.59 Å². The molecule has 1 aliphatic heterocycles. The first-order valence-corrected chi connectivity index (χ1v) is 10.2. The Morgan fingerprint density at radius 2 is 1.84 bits per heavy atom. The van der Waals surface area contributed by atoms with Crippen LogP contribution in [0.3, 0.4) is 0 Å². The summed E-state index contributed by atoms with van der Waals surface area (Å²) < 4.78 is 18.0. The summed E-state index contributed by atoms with van der Waals surface area (Å²) in [7, 11) is 0. The van der Waals surface area contributed by atoms with Gasteiger partial charge in [-0.3, -0.25) is 4.79 Å². The Morgan fingerprint density at radius 1 is 1.03 bits per heavy atom. The van der Waals surface area contributed by atoms with Gasteiger partial charge in [-0.25, -0.2) is 9.48 Å². The second-order valence-corrected chi connectivity index (χ2v) is 7.36. The van der Waals surface area contributed by atoms with Crippen molar-refractivity contribution in [2.75, 3.05) is 25.1 Å². The number of rotatable bonds is 5. The normalized spacial score (nSPS) is 14.1. The summed E-state index contributed by atoms with van der Waals surface area (Å²) in [6.07, 6.45) is 2.59. The van der Waals surface area contributed by atoms with Crippen LogP contribution in [-0.4, -0.2) is 41.5 Å². The number of fused-ring (bicyclic) bond motifs is 2. The van der Waals surface area contributed by atoms with E-state index >= 15 is 0 Å². The fourth-order valence-electron chi connectivity index (χ4n) is 3.90. The number of carbonyl (C=O) groups excluding carboxylic acids is 2. The molecule has 0 bridgehead atoms. The molecule has 1 aliphatic carbocycles. The van der Waals surface area contributed by atoms with Crippen molar-refractivity contribution in [3.63, 3.8) is 0 Å². The first-order valence-electron chi connectivity index (χ1n) is 10.2. The molecule has 2 heterocycles. The van der Waals surface area contributed by atoms with Gasteiger partial charge in [-0.1, -0.05) is 18.2 Å². The second kappa shape index (κ2) is 8.14. The number of amides is 1. The van der Waals surface area contributed by atoms with Crippen molar-refractivity contribution in [3.05, 3.63) is 65.5 Å². The molecule has 1 aromatic heterocycles. The van der Waals surface area contributed by atoms with Gasteiger partial charge in [0, 0.05) is 23.0 Å². The Morgan fingerprint density at radius 3 is 2.68 bits per heavy atom. The maximum atomic E-state index is 12.7. The van der Waals surface area contributed by atoms with Gasteiger partial charge >= 0.3 is 5.97 Å². The first kappa shape index (κ1) is 19.2. The van der Waals surface area contributed by atoms with Crippen LogP contribution in [-0.2, 0) is 22.4 Å². The number of anilines is 1. The standard InChI is InChI=1S/C23H21N3O5/c27-21(24-15-9-10-19-20(13-15)30-12-11-29-19)14-31-23(28)22-17-7-4-8-18(17)26(25-22)16-5-2-1-3-6-16/h1-3,5-6,9-10,13H,4,7-8,11-12,14H2,(H,24,27). The topological polar surface area (TPSA) is 91.7 Å². The largest absolute Gasteiger partial charge is 0.486 e. The van der Waals surface area contributed by atoms with Crippen LogP contribution in [0.5, 0.6) is 11.5 Å². The summed E-state index contributed by atoms with van der Waals surface area (Å²) in [6.45, 7) is 0.556. The highest BCUT2D eigenvalue weighted by Crippen LogP contribution is 2.32. The van der Waals surface area contributed by atoms with E-state index in [4.69, 9.17) is 14.2 Å². The molecule has 2 aromatic carbocycles. The molecule has 3 aromatic rings. The molecule has 1 amide bonds. The zero-order valence-electron chi connectivity index (χ0n) is 16.8. The molecule has 31 heavy (non-hydrogen) atoms. The molecule has 2 aliphatic rings. The average molecular weight is 419 g/mol. The first-order chi connectivity index (χ1) is 15.2. The van der Waals surface area contributed by atoms with E-state index < -0.39 is 18.5 Å². The molecule has 0 saturated carbocycles. The third-order valence-electron chi connectivity index (χ3n) is 5.28. The molecule has 0 fully saturated rings. The minimum absolute atomic E-state index is 0.281. The number of aromatic nitrogens is 2. The third kappa shape index (κ3) is 3.84. The Kier molecular flexibility index (Phi) is 5.03. The molecular weight excluding hydrogens is 398 g/mol. The lowest BCUT2D eigenvalue weighted by atomic mass is 10.2. The van der Waals surface area contributed by atoms with Gasteiger partial charge < -0.3 is 19.5 Å². The fraction of sp³-hybridized carbons (Fsp3) is 0.261. The van der Waals surface area contributed by atoms with Crippen LogP contribution in [0.2, 0.25) is 0 Å². The summed E-state index contributed by atoms with van der Waals surface area (Å²) in [4.78, 5) is 25.0. The van der Waals surface area contributed by atoms with Gasteiger partial charge in [0.2, 0.25) is 0 Å². The van der Waals surface area contributed by atoms with Crippen molar-refractivity contribution in [2.24, 2.45) is 0 Å². The smallest absolute Gasteiger partial charge is 0.359 e. The van der Waals surface area contributed by atoms with Crippen LogP contribution in [0.15, 0.2) is 48.5 Å². The highest BCUT2D eigenvalue weighted by molar-refractivity contribution is 5.95. The number of carbonyl (C=O) groups is 2. The van der Waals surface area contributed by atoms with Crippen LogP contribution in [0.4, 0.5) is 5.69 Å². The Hall–Kier alpha value is -3.81. The lowest BCUT2D eigenvalue weighted by Crippen LogP contribution is -2.22. The molecule has 1 N–H and O–H groups in total. The molecule has 158 valence electrons.